The molecule has 2 unspecified atom stereocenters. The third-order valence-corrected chi connectivity index (χ3v) is 2.92. The molecule has 1 rings (SSSR count). The average molecular weight is 175 g/mol. The predicted octanol–water partition coefficient (Wildman–Crippen LogP) is 1.09. The molecular weight excluding hydrogens is 157 g/mol. The van der Waals surface area contributed by atoms with Gasteiger partial charge in [0, 0.05) is 11.5 Å². The lowest BCUT2D eigenvalue weighted by Gasteiger charge is -2.49. The van der Waals surface area contributed by atoms with Gasteiger partial charge in [-0.3, -0.25) is 4.39 Å². The van der Waals surface area contributed by atoms with E-state index in [0.29, 0.717) is 12.5 Å². The molecule has 0 aromatic heterocycles. The van der Waals surface area contributed by atoms with E-state index in [-0.39, 0.29) is 18.2 Å². The Kier molecular flexibility index (Phi) is 3.07. The molecule has 12 heavy (non-hydrogen) atoms. The van der Waals surface area contributed by atoms with Crippen molar-refractivity contribution >= 4 is 0 Å². The Morgan fingerprint density at radius 2 is 2.25 bits per heavy atom. The Morgan fingerprint density at radius 3 is 2.67 bits per heavy atom. The first-order chi connectivity index (χ1) is 5.59. The lowest BCUT2D eigenvalue weighted by Crippen LogP contribution is -2.60. The molecule has 2 atom stereocenters. The van der Waals surface area contributed by atoms with Gasteiger partial charge in [0.2, 0.25) is 0 Å². The summed E-state index contributed by atoms with van der Waals surface area (Å²) in [5.74, 6) is 0. The molecule has 2 nitrogen and oxygen atoms in total. The van der Waals surface area contributed by atoms with Crippen LogP contribution >= 0.6 is 0 Å². The van der Waals surface area contributed by atoms with Crippen LogP contribution in [0.1, 0.15) is 26.7 Å². The second-order valence-electron chi connectivity index (χ2n) is 4.12. The second-order valence-corrected chi connectivity index (χ2v) is 4.12. The summed E-state index contributed by atoms with van der Waals surface area (Å²) >= 11 is 0. The molecule has 0 amide bonds. The number of rotatable bonds is 4. The van der Waals surface area contributed by atoms with E-state index in [4.69, 9.17) is 0 Å². The fourth-order valence-electron chi connectivity index (χ4n) is 1.59. The summed E-state index contributed by atoms with van der Waals surface area (Å²) in [6.45, 7) is 4.53. The molecule has 1 aliphatic rings. The van der Waals surface area contributed by atoms with Crippen molar-refractivity contribution < 1.29 is 9.50 Å². The molecule has 0 aliphatic heterocycles. The highest BCUT2D eigenvalue weighted by molar-refractivity contribution is 5.01. The van der Waals surface area contributed by atoms with Crippen LogP contribution in [0.5, 0.6) is 0 Å². The van der Waals surface area contributed by atoms with Gasteiger partial charge in [-0.05, 0) is 19.4 Å². The van der Waals surface area contributed by atoms with E-state index in [1.54, 1.807) is 0 Å². The zero-order valence-corrected chi connectivity index (χ0v) is 7.81. The van der Waals surface area contributed by atoms with Crippen LogP contribution in [0, 0.1) is 5.41 Å². The number of aliphatic hydroxyl groups excluding tert-OH is 1. The Balaban J connectivity index is 2.19. The predicted molar refractivity (Wildman–Crippen MR) is 46.8 cm³/mol. The zero-order valence-electron chi connectivity index (χ0n) is 7.81. The average Bonchev–Trinajstić information content (AvgIpc) is 2.04. The highest BCUT2D eigenvalue weighted by Crippen LogP contribution is 2.40. The van der Waals surface area contributed by atoms with Crippen LogP contribution in [0.3, 0.4) is 0 Å². The van der Waals surface area contributed by atoms with Crippen molar-refractivity contribution in [3.05, 3.63) is 0 Å². The first-order valence-electron chi connectivity index (χ1n) is 4.56. The monoisotopic (exact) mass is 175 g/mol. The van der Waals surface area contributed by atoms with Gasteiger partial charge in [0.1, 0.15) is 0 Å². The number of nitrogens with one attached hydrogen (secondary N) is 1. The minimum atomic E-state index is -0.261. The second kappa shape index (κ2) is 3.71. The number of aliphatic hydroxyl groups is 1. The van der Waals surface area contributed by atoms with E-state index in [1.807, 2.05) is 13.8 Å². The van der Waals surface area contributed by atoms with Crippen LogP contribution < -0.4 is 5.32 Å². The van der Waals surface area contributed by atoms with Gasteiger partial charge in [-0.25, -0.2) is 0 Å². The molecule has 3 heteroatoms. The molecule has 0 aromatic carbocycles. The van der Waals surface area contributed by atoms with Gasteiger partial charge in [-0.2, -0.15) is 0 Å². The van der Waals surface area contributed by atoms with Gasteiger partial charge >= 0.3 is 0 Å². The third-order valence-electron chi connectivity index (χ3n) is 2.92. The summed E-state index contributed by atoms with van der Waals surface area (Å²) in [6, 6.07) is 0.360. The lowest BCUT2D eigenvalue weighted by molar-refractivity contribution is -0.0723. The molecule has 2 N–H and O–H groups in total. The molecule has 0 radical (unpaired) electrons. The first kappa shape index (κ1) is 9.93. The van der Waals surface area contributed by atoms with E-state index in [0.717, 1.165) is 13.0 Å². The number of halogens is 1. The van der Waals surface area contributed by atoms with Crippen LogP contribution in [0.4, 0.5) is 4.39 Å². The minimum absolute atomic E-state index is 0.0314. The quantitative estimate of drug-likeness (QED) is 0.627. The standard InChI is InChI=1S/C9H18FNO/c1-9(2)7(6-8(9)12)11-5-3-4-10/h7-8,11-12H,3-6H2,1-2H3. The summed E-state index contributed by atoms with van der Waals surface area (Å²) in [5.41, 5.74) is -0.0314. The Labute approximate surface area is 73.2 Å². The van der Waals surface area contributed by atoms with Gasteiger partial charge in [-0.1, -0.05) is 13.8 Å². The summed E-state index contributed by atoms with van der Waals surface area (Å²) in [6.07, 6.45) is 1.18. The van der Waals surface area contributed by atoms with E-state index in [9.17, 15) is 9.50 Å². The van der Waals surface area contributed by atoms with Crippen molar-refractivity contribution in [1.82, 2.24) is 5.32 Å². The SMILES string of the molecule is CC1(C)C(O)CC1NCCCF. The fraction of sp³-hybridized carbons (Fsp3) is 1.00. The van der Waals surface area contributed by atoms with E-state index < -0.39 is 0 Å². The van der Waals surface area contributed by atoms with Crippen molar-refractivity contribution in [2.75, 3.05) is 13.2 Å². The molecule has 0 bridgehead atoms. The first-order valence-corrected chi connectivity index (χ1v) is 4.56. The zero-order chi connectivity index (χ0) is 9.19. The summed E-state index contributed by atoms with van der Waals surface area (Å²) in [7, 11) is 0. The van der Waals surface area contributed by atoms with Crippen molar-refractivity contribution in [1.29, 1.82) is 0 Å². The van der Waals surface area contributed by atoms with E-state index in [2.05, 4.69) is 5.32 Å². The van der Waals surface area contributed by atoms with Crippen LogP contribution in [0.2, 0.25) is 0 Å². The maximum atomic E-state index is 11.7. The number of hydrogen-bond acceptors (Lipinski definition) is 2. The highest BCUT2D eigenvalue weighted by Gasteiger charge is 2.46. The van der Waals surface area contributed by atoms with Crippen LogP contribution in [-0.4, -0.2) is 30.5 Å². The van der Waals surface area contributed by atoms with Gasteiger partial charge in [-0.15, -0.1) is 0 Å². The van der Waals surface area contributed by atoms with Gasteiger partial charge in [0.25, 0.3) is 0 Å². The summed E-state index contributed by atoms with van der Waals surface area (Å²) in [5, 5.41) is 12.6. The van der Waals surface area contributed by atoms with E-state index >= 15 is 0 Å². The normalized spacial score (nSPS) is 33.0. The third kappa shape index (κ3) is 1.77. The van der Waals surface area contributed by atoms with Crippen molar-refractivity contribution in [2.24, 2.45) is 5.41 Å². The van der Waals surface area contributed by atoms with Crippen molar-refractivity contribution in [3.8, 4) is 0 Å². The molecule has 0 aromatic rings. The minimum Gasteiger partial charge on any atom is -0.392 e. The topological polar surface area (TPSA) is 32.3 Å². The van der Waals surface area contributed by atoms with Gasteiger partial charge in [0.15, 0.2) is 0 Å². The Morgan fingerprint density at radius 1 is 1.58 bits per heavy atom. The number of hydrogen-bond donors (Lipinski definition) is 2. The van der Waals surface area contributed by atoms with Gasteiger partial charge in [0.05, 0.1) is 12.8 Å². The molecule has 0 heterocycles. The van der Waals surface area contributed by atoms with Gasteiger partial charge < -0.3 is 10.4 Å². The molecular formula is C9H18FNO. The summed E-state index contributed by atoms with van der Waals surface area (Å²) in [4.78, 5) is 0. The van der Waals surface area contributed by atoms with Crippen LogP contribution in [0.15, 0.2) is 0 Å². The highest BCUT2D eigenvalue weighted by atomic mass is 19.1. The molecule has 1 saturated carbocycles. The molecule has 0 saturated heterocycles. The van der Waals surface area contributed by atoms with Crippen molar-refractivity contribution in [2.45, 2.75) is 38.8 Å². The largest absolute Gasteiger partial charge is 0.392 e. The molecule has 72 valence electrons. The summed E-state index contributed by atoms with van der Waals surface area (Å²) < 4.78 is 11.7. The Hall–Kier alpha value is -0.150. The molecule has 1 fully saturated rings. The van der Waals surface area contributed by atoms with E-state index in [1.165, 1.54) is 0 Å². The lowest BCUT2D eigenvalue weighted by atomic mass is 9.64. The van der Waals surface area contributed by atoms with Crippen LogP contribution in [-0.2, 0) is 0 Å². The Bertz CT molecular complexity index is 149. The maximum Gasteiger partial charge on any atom is 0.0906 e. The fourth-order valence-corrected chi connectivity index (χ4v) is 1.59. The smallest absolute Gasteiger partial charge is 0.0906 e. The van der Waals surface area contributed by atoms with Crippen LogP contribution in [0.25, 0.3) is 0 Å². The molecule has 1 aliphatic carbocycles. The molecule has 0 spiro atoms. The maximum absolute atomic E-state index is 11.7. The van der Waals surface area contributed by atoms with Crippen molar-refractivity contribution in [3.63, 3.8) is 0 Å². The number of alkyl halides is 1.